The van der Waals surface area contributed by atoms with Crippen molar-refractivity contribution in [2.75, 3.05) is 13.3 Å². The number of halogens is 1. The standard InChI is InChI=1S/C13H13ClN2O4/c1-2-19-13(18)16-10-6-9(14)4-3-8(10)5-11(16)12(17)20-7-15/h3-6H,2,7,15H2,1H3. The fraction of sp³-hybridized carbons (Fsp3) is 0.231. The van der Waals surface area contributed by atoms with Crippen molar-refractivity contribution in [3.05, 3.63) is 35.0 Å². The molecule has 7 heteroatoms. The average Bonchev–Trinajstić information content (AvgIpc) is 2.77. The third-order valence-corrected chi connectivity index (χ3v) is 2.88. The second-order valence-electron chi connectivity index (χ2n) is 3.87. The number of carbonyl (C=O) groups excluding carboxylic acids is 2. The van der Waals surface area contributed by atoms with Crippen LogP contribution in [0.25, 0.3) is 10.9 Å². The summed E-state index contributed by atoms with van der Waals surface area (Å²) in [5.74, 6) is -0.701. The summed E-state index contributed by atoms with van der Waals surface area (Å²) in [7, 11) is 0. The number of ether oxygens (including phenoxy) is 2. The van der Waals surface area contributed by atoms with Gasteiger partial charge in [-0.15, -0.1) is 0 Å². The van der Waals surface area contributed by atoms with Gasteiger partial charge in [0.2, 0.25) is 0 Å². The minimum absolute atomic E-state index is 0.0474. The number of esters is 1. The fourth-order valence-corrected chi connectivity index (χ4v) is 2.03. The molecule has 1 heterocycles. The Hall–Kier alpha value is -2.05. The molecule has 1 aromatic heterocycles. The molecular formula is C13H13ClN2O4. The van der Waals surface area contributed by atoms with Crippen LogP contribution in [0.1, 0.15) is 17.4 Å². The summed E-state index contributed by atoms with van der Waals surface area (Å²) in [5, 5.41) is 1.12. The van der Waals surface area contributed by atoms with E-state index in [1.54, 1.807) is 25.1 Å². The maximum atomic E-state index is 12.0. The highest BCUT2D eigenvalue weighted by atomic mass is 35.5. The first-order chi connectivity index (χ1) is 9.58. The van der Waals surface area contributed by atoms with Gasteiger partial charge in [0.25, 0.3) is 0 Å². The van der Waals surface area contributed by atoms with Crippen LogP contribution in [0, 0.1) is 0 Å². The molecule has 0 amide bonds. The maximum Gasteiger partial charge on any atom is 0.419 e. The summed E-state index contributed by atoms with van der Waals surface area (Å²) >= 11 is 5.92. The summed E-state index contributed by atoms with van der Waals surface area (Å²) in [5.41, 5.74) is 5.70. The van der Waals surface area contributed by atoms with Crippen LogP contribution in [-0.4, -0.2) is 30.0 Å². The van der Waals surface area contributed by atoms with E-state index in [0.29, 0.717) is 15.9 Å². The molecule has 0 aliphatic heterocycles. The van der Waals surface area contributed by atoms with E-state index >= 15 is 0 Å². The quantitative estimate of drug-likeness (QED) is 0.694. The van der Waals surface area contributed by atoms with Gasteiger partial charge in [0, 0.05) is 10.4 Å². The lowest BCUT2D eigenvalue weighted by Gasteiger charge is -2.08. The van der Waals surface area contributed by atoms with Crippen LogP contribution in [0.3, 0.4) is 0 Å². The number of carbonyl (C=O) groups is 2. The van der Waals surface area contributed by atoms with Crippen molar-refractivity contribution in [3.8, 4) is 0 Å². The molecule has 0 saturated heterocycles. The molecule has 0 bridgehead atoms. The third-order valence-electron chi connectivity index (χ3n) is 2.64. The van der Waals surface area contributed by atoms with Gasteiger partial charge in [0.15, 0.2) is 0 Å². The van der Waals surface area contributed by atoms with Crippen molar-refractivity contribution < 1.29 is 19.1 Å². The van der Waals surface area contributed by atoms with E-state index in [4.69, 9.17) is 26.8 Å². The zero-order valence-corrected chi connectivity index (χ0v) is 11.5. The summed E-state index contributed by atoms with van der Waals surface area (Å²) < 4.78 is 10.8. The van der Waals surface area contributed by atoms with Crippen LogP contribution in [-0.2, 0) is 9.47 Å². The third kappa shape index (κ3) is 2.61. The van der Waals surface area contributed by atoms with Gasteiger partial charge in [-0.1, -0.05) is 17.7 Å². The Bertz CT molecular complexity index is 666. The summed E-state index contributed by atoms with van der Waals surface area (Å²) in [4.78, 5) is 23.9. The zero-order valence-electron chi connectivity index (χ0n) is 10.8. The molecule has 0 unspecified atom stereocenters. The second kappa shape index (κ2) is 5.94. The molecule has 0 fully saturated rings. The van der Waals surface area contributed by atoms with E-state index in [2.05, 4.69) is 0 Å². The van der Waals surface area contributed by atoms with E-state index in [1.165, 1.54) is 6.07 Å². The minimum Gasteiger partial charge on any atom is -0.449 e. The smallest absolute Gasteiger partial charge is 0.419 e. The molecule has 2 N–H and O–H groups in total. The molecule has 20 heavy (non-hydrogen) atoms. The molecule has 1 aromatic carbocycles. The molecular weight excluding hydrogens is 284 g/mol. The Morgan fingerprint density at radius 3 is 2.70 bits per heavy atom. The highest BCUT2D eigenvalue weighted by molar-refractivity contribution is 6.31. The minimum atomic E-state index is -0.701. The predicted molar refractivity (Wildman–Crippen MR) is 73.8 cm³/mol. The van der Waals surface area contributed by atoms with Gasteiger partial charge in [-0.3, -0.25) is 5.73 Å². The van der Waals surface area contributed by atoms with E-state index in [9.17, 15) is 9.59 Å². The number of hydrogen-bond donors (Lipinski definition) is 1. The lowest BCUT2D eigenvalue weighted by atomic mass is 10.2. The van der Waals surface area contributed by atoms with Gasteiger partial charge >= 0.3 is 12.1 Å². The topological polar surface area (TPSA) is 83.5 Å². The van der Waals surface area contributed by atoms with Gasteiger partial charge < -0.3 is 9.47 Å². The van der Waals surface area contributed by atoms with E-state index in [-0.39, 0.29) is 19.0 Å². The fourth-order valence-electron chi connectivity index (χ4n) is 1.86. The van der Waals surface area contributed by atoms with Gasteiger partial charge in [-0.05, 0) is 25.1 Å². The van der Waals surface area contributed by atoms with Crippen molar-refractivity contribution in [1.29, 1.82) is 0 Å². The molecule has 0 aliphatic rings. The van der Waals surface area contributed by atoms with E-state index in [0.717, 1.165) is 4.57 Å². The van der Waals surface area contributed by atoms with Crippen molar-refractivity contribution >= 4 is 34.6 Å². The highest BCUT2D eigenvalue weighted by Gasteiger charge is 2.22. The Kier molecular flexibility index (Phi) is 4.26. The largest absolute Gasteiger partial charge is 0.449 e. The van der Waals surface area contributed by atoms with Gasteiger partial charge in [0.1, 0.15) is 12.4 Å². The van der Waals surface area contributed by atoms with Gasteiger partial charge in [-0.2, -0.15) is 0 Å². The first kappa shape index (κ1) is 14.4. The summed E-state index contributed by atoms with van der Waals surface area (Å²) in [6.07, 6.45) is -0.672. The zero-order chi connectivity index (χ0) is 14.7. The molecule has 0 atom stereocenters. The molecule has 6 nitrogen and oxygen atoms in total. The maximum absolute atomic E-state index is 12.0. The molecule has 0 radical (unpaired) electrons. The van der Waals surface area contributed by atoms with Crippen LogP contribution in [0.4, 0.5) is 4.79 Å². The average molecular weight is 297 g/mol. The Morgan fingerprint density at radius 1 is 1.30 bits per heavy atom. The Morgan fingerprint density at radius 2 is 2.05 bits per heavy atom. The van der Waals surface area contributed by atoms with Gasteiger partial charge in [-0.25, -0.2) is 14.2 Å². The monoisotopic (exact) mass is 296 g/mol. The number of nitrogens with two attached hydrogens (primary N) is 1. The summed E-state index contributed by atoms with van der Waals surface area (Å²) in [6, 6.07) is 6.47. The molecule has 0 saturated carbocycles. The first-order valence-corrected chi connectivity index (χ1v) is 6.31. The van der Waals surface area contributed by atoms with E-state index < -0.39 is 12.1 Å². The number of aromatic nitrogens is 1. The SMILES string of the molecule is CCOC(=O)n1c(C(=O)OCN)cc2ccc(Cl)cc21. The number of hydrogen-bond acceptors (Lipinski definition) is 5. The number of nitrogens with zero attached hydrogens (tertiary/aromatic N) is 1. The molecule has 2 rings (SSSR count). The summed E-state index contributed by atoms with van der Waals surface area (Å²) in [6.45, 7) is 1.59. The number of fused-ring (bicyclic) bond motifs is 1. The van der Waals surface area contributed by atoms with Crippen LogP contribution in [0.2, 0.25) is 5.02 Å². The predicted octanol–water partition coefficient (Wildman–Crippen LogP) is 2.37. The molecule has 2 aromatic rings. The van der Waals surface area contributed by atoms with E-state index in [1.807, 2.05) is 0 Å². The second-order valence-corrected chi connectivity index (χ2v) is 4.30. The highest BCUT2D eigenvalue weighted by Crippen LogP contribution is 2.24. The number of benzene rings is 1. The van der Waals surface area contributed by atoms with Crippen LogP contribution in [0.15, 0.2) is 24.3 Å². The van der Waals surface area contributed by atoms with Crippen molar-refractivity contribution in [2.45, 2.75) is 6.92 Å². The van der Waals surface area contributed by atoms with Crippen molar-refractivity contribution in [2.24, 2.45) is 5.73 Å². The molecule has 0 spiro atoms. The van der Waals surface area contributed by atoms with Crippen molar-refractivity contribution in [3.63, 3.8) is 0 Å². The van der Waals surface area contributed by atoms with Gasteiger partial charge in [0.05, 0.1) is 12.1 Å². The lowest BCUT2D eigenvalue weighted by Crippen LogP contribution is -2.21. The van der Waals surface area contributed by atoms with Crippen molar-refractivity contribution in [1.82, 2.24) is 4.57 Å². The van der Waals surface area contributed by atoms with Crippen LogP contribution < -0.4 is 5.73 Å². The lowest BCUT2D eigenvalue weighted by molar-refractivity contribution is 0.0501. The van der Waals surface area contributed by atoms with Crippen LogP contribution >= 0.6 is 11.6 Å². The van der Waals surface area contributed by atoms with Crippen LogP contribution in [0.5, 0.6) is 0 Å². The Balaban J connectivity index is 2.63. The number of rotatable bonds is 3. The Labute approximate surface area is 120 Å². The molecule has 106 valence electrons. The molecule has 0 aliphatic carbocycles. The normalized spacial score (nSPS) is 10.6. The first-order valence-electron chi connectivity index (χ1n) is 5.93.